The molecule has 0 aliphatic rings. The molecular formula is C4H10N6. The molecule has 0 unspecified atom stereocenters. The lowest BCUT2D eigenvalue weighted by Gasteiger charge is -1.88. The topological polar surface area (TPSA) is 87.2 Å². The van der Waals surface area contributed by atoms with Gasteiger partial charge in [-0.05, 0) is 0 Å². The minimum Gasteiger partial charge on any atom is -0.368 e. The smallest absolute Gasteiger partial charge is 0.245 e. The molecule has 1 aromatic rings. The molecule has 0 aliphatic heterocycles. The Hall–Kier alpha value is -1.46. The zero-order chi connectivity index (χ0) is 7.72. The maximum absolute atomic E-state index is 5.43. The summed E-state index contributed by atoms with van der Waals surface area (Å²) >= 11 is 0. The van der Waals surface area contributed by atoms with E-state index in [1.54, 1.807) is 18.7 Å². The Kier molecular flexibility index (Phi) is 1.37. The molecule has 10 heavy (non-hydrogen) atoms. The Morgan fingerprint density at radius 3 is 2.30 bits per heavy atom. The third kappa shape index (κ3) is 0.734. The molecule has 0 atom stereocenters. The SMILES string of the molecule is Cn1nc(N)n(C)/c1=N/N. The number of anilines is 1. The Labute approximate surface area is 57.7 Å². The predicted octanol–water partition coefficient (Wildman–Crippen LogP) is -1.88. The van der Waals surface area contributed by atoms with Crippen LogP contribution in [-0.4, -0.2) is 14.3 Å². The van der Waals surface area contributed by atoms with Gasteiger partial charge in [-0.1, -0.05) is 0 Å². The minimum atomic E-state index is 0.395. The van der Waals surface area contributed by atoms with Crippen molar-refractivity contribution in [3.63, 3.8) is 0 Å². The summed E-state index contributed by atoms with van der Waals surface area (Å²) in [7, 11) is 3.47. The highest BCUT2D eigenvalue weighted by Crippen LogP contribution is 1.84. The molecule has 0 fully saturated rings. The van der Waals surface area contributed by atoms with Crippen LogP contribution in [-0.2, 0) is 14.1 Å². The van der Waals surface area contributed by atoms with Gasteiger partial charge in [-0.2, -0.15) is 0 Å². The van der Waals surface area contributed by atoms with Gasteiger partial charge in [-0.15, -0.1) is 10.2 Å². The summed E-state index contributed by atoms with van der Waals surface area (Å²) in [6, 6.07) is 0. The highest BCUT2D eigenvalue weighted by molar-refractivity contribution is 5.12. The number of nitrogens with two attached hydrogens (primary N) is 2. The summed E-state index contributed by atoms with van der Waals surface area (Å²) in [5.74, 6) is 5.45. The predicted molar refractivity (Wildman–Crippen MR) is 36.3 cm³/mol. The third-order valence-electron chi connectivity index (χ3n) is 1.30. The van der Waals surface area contributed by atoms with Gasteiger partial charge in [0.1, 0.15) is 0 Å². The first kappa shape index (κ1) is 6.66. The lowest BCUT2D eigenvalue weighted by Crippen LogP contribution is -2.24. The molecule has 0 saturated heterocycles. The van der Waals surface area contributed by atoms with E-state index in [0.717, 1.165) is 0 Å². The molecule has 0 aliphatic carbocycles. The fraction of sp³-hybridized carbons (Fsp3) is 0.500. The second kappa shape index (κ2) is 2.05. The Bertz CT molecular complexity index is 291. The molecule has 0 radical (unpaired) electrons. The summed E-state index contributed by atoms with van der Waals surface area (Å²) in [4.78, 5) is 0. The van der Waals surface area contributed by atoms with E-state index in [9.17, 15) is 0 Å². The van der Waals surface area contributed by atoms with Gasteiger partial charge in [0, 0.05) is 14.1 Å². The largest absolute Gasteiger partial charge is 0.368 e. The molecule has 4 N–H and O–H groups in total. The van der Waals surface area contributed by atoms with Gasteiger partial charge in [0.25, 0.3) is 0 Å². The molecule has 6 heteroatoms. The van der Waals surface area contributed by atoms with E-state index >= 15 is 0 Å². The van der Waals surface area contributed by atoms with Crippen LogP contribution >= 0.6 is 0 Å². The van der Waals surface area contributed by atoms with Gasteiger partial charge in [0.2, 0.25) is 11.6 Å². The zero-order valence-electron chi connectivity index (χ0n) is 5.94. The molecule has 1 rings (SSSR count). The molecule has 1 aromatic heterocycles. The van der Waals surface area contributed by atoms with Gasteiger partial charge in [-0.3, -0.25) is 4.57 Å². The maximum Gasteiger partial charge on any atom is 0.245 e. The van der Waals surface area contributed by atoms with Crippen molar-refractivity contribution in [2.24, 2.45) is 25.0 Å². The fourth-order valence-corrected chi connectivity index (χ4v) is 0.755. The summed E-state index contributed by atoms with van der Waals surface area (Å²) in [6.07, 6.45) is 0. The van der Waals surface area contributed by atoms with Gasteiger partial charge in [-0.25, -0.2) is 4.68 Å². The van der Waals surface area contributed by atoms with Gasteiger partial charge in [0.15, 0.2) is 0 Å². The average Bonchev–Trinajstić information content (AvgIpc) is 2.09. The minimum absolute atomic E-state index is 0.395. The van der Waals surface area contributed by atoms with Gasteiger partial charge >= 0.3 is 0 Å². The van der Waals surface area contributed by atoms with E-state index in [1.165, 1.54) is 4.68 Å². The number of rotatable bonds is 0. The van der Waals surface area contributed by atoms with Crippen molar-refractivity contribution < 1.29 is 0 Å². The molecule has 0 amide bonds. The van der Waals surface area contributed by atoms with Crippen LogP contribution in [0.1, 0.15) is 0 Å². The van der Waals surface area contributed by atoms with Crippen LogP contribution < -0.4 is 17.2 Å². The first-order chi connectivity index (χ1) is 4.66. The first-order valence-corrected chi connectivity index (χ1v) is 2.76. The molecule has 6 nitrogen and oxygen atoms in total. The van der Waals surface area contributed by atoms with E-state index in [2.05, 4.69) is 10.2 Å². The van der Waals surface area contributed by atoms with Crippen molar-refractivity contribution in [2.75, 3.05) is 5.73 Å². The molecule has 1 heterocycles. The Morgan fingerprint density at radius 1 is 1.50 bits per heavy atom. The van der Waals surface area contributed by atoms with Crippen LogP contribution in [0.4, 0.5) is 5.95 Å². The lowest BCUT2D eigenvalue weighted by atomic mass is 10.9. The number of aryl methyl sites for hydroxylation is 1. The number of hydrogen-bond acceptors (Lipinski definition) is 4. The van der Waals surface area contributed by atoms with Crippen LogP contribution in [0.5, 0.6) is 0 Å². The van der Waals surface area contributed by atoms with E-state index in [1.807, 2.05) is 0 Å². The summed E-state index contributed by atoms with van der Waals surface area (Å²) < 4.78 is 3.11. The second-order valence-corrected chi connectivity index (χ2v) is 1.97. The first-order valence-electron chi connectivity index (χ1n) is 2.76. The van der Waals surface area contributed by atoms with Crippen molar-refractivity contribution in [3.05, 3.63) is 5.62 Å². The Balaban J connectivity index is 3.50. The van der Waals surface area contributed by atoms with Crippen molar-refractivity contribution in [2.45, 2.75) is 0 Å². The monoisotopic (exact) mass is 142 g/mol. The number of hydrogen-bond donors (Lipinski definition) is 2. The molecule has 0 saturated carbocycles. The van der Waals surface area contributed by atoms with Crippen molar-refractivity contribution in [3.8, 4) is 0 Å². The molecule has 56 valence electrons. The normalized spacial score (nSPS) is 12.4. The second-order valence-electron chi connectivity index (χ2n) is 1.97. The number of nitrogens with zero attached hydrogens (tertiary/aromatic N) is 4. The summed E-state index contributed by atoms with van der Waals surface area (Å²) in [5, 5.41) is 7.34. The van der Waals surface area contributed by atoms with Crippen molar-refractivity contribution in [1.29, 1.82) is 0 Å². The van der Waals surface area contributed by atoms with Crippen LogP contribution in [0.2, 0.25) is 0 Å². The number of nitrogen functional groups attached to an aromatic ring is 1. The zero-order valence-corrected chi connectivity index (χ0v) is 5.94. The van der Waals surface area contributed by atoms with Crippen LogP contribution in [0.25, 0.3) is 0 Å². The third-order valence-corrected chi connectivity index (χ3v) is 1.30. The van der Waals surface area contributed by atoms with Crippen LogP contribution in [0.15, 0.2) is 5.10 Å². The summed E-state index contributed by atoms with van der Waals surface area (Å²) in [5.41, 5.74) is 5.97. The summed E-state index contributed by atoms with van der Waals surface area (Å²) in [6.45, 7) is 0. The van der Waals surface area contributed by atoms with Crippen molar-refractivity contribution in [1.82, 2.24) is 14.3 Å². The van der Waals surface area contributed by atoms with Gasteiger partial charge < -0.3 is 11.6 Å². The molecule has 0 bridgehead atoms. The van der Waals surface area contributed by atoms with E-state index in [0.29, 0.717) is 11.6 Å². The maximum atomic E-state index is 5.43. The molecule has 0 aromatic carbocycles. The number of aromatic nitrogens is 3. The van der Waals surface area contributed by atoms with Crippen LogP contribution in [0, 0.1) is 0 Å². The van der Waals surface area contributed by atoms with E-state index in [4.69, 9.17) is 11.6 Å². The van der Waals surface area contributed by atoms with Crippen molar-refractivity contribution >= 4 is 5.95 Å². The highest BCUT2D eigenvalue weighted by Gasteiger charge is 1.98. The lowest BCUT2D eigenvalue weighted by molar-refractivity contribution is 0.679. The average molecular weight is 142 g/mol. The van der Waals surface area contributed by atoms with E-state index in [-0.39, 0.29) is 0 Å². The van der Waals surface area contributed by atoms with E-state index < -0.39 is 0 Å². The van der Waals surface area contributed by atoms with Crippen LogP contribution in [0.3, 0.4) is 0 Å². The Morgan fingerprint density at radius 2 is 2.10 bits per heavy atom. The highest BCUT2D eigenvalue weighted by atomic mass is 15.4. The molecule has 0 spiro atoms. The fourth-order valence-electron chi connectivity index (χ4n) is 0.755. The van der Waals surface area contributed by atoms with Gasteiger partial charge in [0.05, 0.1) is 0 Å². The molecular weight excluding hydrogens is 132 g/mol. The standard InChI is InChI=1S/C4H10N6/c1-9-3(5)8-10(2)4(9)7-6/h6H2,1-2H3,(H2,5,8)/b7-4-. The quantitative estimate of drug-likeness (QED) is 0.328.